The van der Waals surface area contributed by atoms with Crippen LogP contribution >= 0.6 is 0 Å². The van der Waals surface area contributed by atoms with Crippen LogP contribution in [0.2, 0.25) is 0 Å². The van der Waals surface area contributed by atoms with Crippen LogP contribution in [0.3, 0.4) is 0 Å². The quantitative estimate of drug-likeness (QED) is 0.509. The van der Waals surface area contributed by atoms with E-state index >= 15 is 0 Å². The first-order chi connectivity index (χ1) is 14.1. The number of ether oxygens (including phenoxy) is 1. The number of carbonyl (C=O) groups excluding carboxylic acids is 2. The van der Waals surface area contributed by atoms with E-state index in [0.717, 1.165) is 27.9 Å². The average Bonchev–Trinajstić information content (AvgIpc) is 3.17. The lowest BCUT2D eigenvalue weighted by Crippen LogP contribution is -2.10. The van der Waals surface area contributed by atoms with Crippen molar-refractivity contribution >= 4 is 22.9 Å². The summed E-state index contributed by atoms with van der Waals surface area (Å²) in [7, 11) is 0. The molecule has 0 aliphatic rings. The molecule has 0 unspecified atom stereocenters. The van der Waals surface area contributed by atoms with E-state index in [0.29, 0.717) is 23.4 Å². The van der Waals surface area contributed by atoms with E-state index in [2.05, 4.69) is 15.2 Å². The van der Waals surface area contributed by atoms with Crippen molar-refractivity contribution in [1.29, 1.82) is 0 Å². The van der Waals surface area contributed by atoms with Gasteiger partial charge in [-0.15, -0.1) is 0 Å². The van der Waals surface area contributed by atoms with Crippen LogP contribution in [0.15, 0.2) is 60.7 Å². The van der Waals surface area contributed by atoms with E-state index in [1.54, 1.807) is 43.3 Å². The van der Waals surface area contributed by atoms with Crippen LogP contribution in [0, 0.1) is 0 Å². The molecule has 3 N–H and O–H groups in total. The van der Waals surface area contributed by atoms with Gasteiger partial charge in [0.25, 0.3) is 0 Å². The highest BCUT2D eigenvalue weighted by atomic mass is 16.5. The molecule has 0 saturated heterocycles. The highest BCUT2D eigenvalue weighted by Crippen LogP contribution is 2.28. The minimum absolute atomic E-state index is 0.338. The van der Waals surface area contributed by atoms with E-state index in [4.69, 9.17) is 10.5 Å². The van der Waals surface area contributed by atoms with Gasteiger partial charge in [0.1, 0.15) is 0 Å². The minimum atomic E-state index is -0.467. The predicted molar refractivity (Wildman–Crippen MR) is 109 cm³/mol. The number of pyridine rings is 1. The number of fused-ring (bicyclic) bond motifs is 1. The van der Waals surface area contributed by atoms with Crippen molar-refractivity contribution in [3.63, 3.8) is 0 Å². The second-order valence-electron chi connectivity index (χ2n) is 6.41. The SMILES string of the molecule is CCOC(=O)c1ccc(-c2[nH]nc3nc(-c4ccc(C(N)=O)cc4)ccc23)cc1. The summed E-state index contributed by atoms with van der Waals surface area (Å²) in [6, 6.07) is 17.9. The second-order valence-corrected chi connectivity index (χ2v) is 6.41. The Hall–Kier alpha value is -4.00. The molecule has 144 valence electrons. The van der Waals surface area contributed by atoms with Gasteiger partial charge >= 0.3 is 5.97 Å². The summed E-state index contributed by atoms with van der Waals surface area (Å²) in [5.41, 5.74) is 10.1. The van der Waals surface area contributed by atoms with Crippen LogP contribution in [0.25, 0.3) is 33.5 Å². The number of nitrogens with zero attached hydrogens (tertiary/aromatic N) is 2. The highest BCUT2D eigenvalue weighted by molar-refractivity contribution is 5.95. The van der Waals surface area contributed by atoms with Crippen LogP contribution in [0.5, 0.6) is 0 Å². The number of nitrogens with two attached hydrogens (primary N) is 1. The van der Waals surface area contributed by atoms with Gasteiger partial charge in [-0.1, -0.05) is 24.3 Å². The van der Waals surface area contributed by atoms with Crippen LogP contribution in [0.1, 0.15) is 27.6 Å². The van der Waals surface area contributed by atoms with Crippen molar-refractivity contribution in [2.45, 2.75) is 6.92 Å². The smallest absolute Gasteiger partial charge is 0.338 e. The Bertz CT molecular complexity index is 1200. The fraction of sp³-hybridized carbons (Fsp3) is 0.0909. The Labute approximate surface area is 166 Å². The zero-order valence-electron chi connectivity index (χ0n) is 15.7. The number of primary amides is 1. The van der Waals surface area contributed by atoms with Crippen LogP contribution in [0.4, 0.5) is 0 Å². The number of H-pyrrole nitrogens is 1. The van der Waals surface area contributed by atoms with Crippen LogP contribution < -0.4 is 5.73 Å². The predicted octanol–water partition coefficient (Wildman–Crippen LogP) is 3.57. The highest BCUT2D eigenvalue weighted by Gasteiger charge is 2.12. The van der Waals surface area contributed by atoms with Gasteiger partial charge in [0, 0.05) is 22.1 Å². The summed E-state index contributed by atoms with van der Waals surface area (Å²) in [6.07, 6.45) is 0. The molecular weight excluding hydrogens is 368 g/mol. The first-order valence-electron chi connectivity index (χ1n) is 9.09. The molecule has 0 bridgehead atoms. The molecule has 2 heterocycles. The van der Waals surface area contributed by atoms with Crippen LogP contribution in [-0.4, -0.2) is 33.7 Å². The molecule has 2 aromatic carbocycles. The lowest BCUT2D eigenvalue weighted by molar-refractivity contribution is 0.0526. The van der Waals surface area contributed by atoms with Crippen molar-refractivity contribution in [2.75, 3.05) is 6.61 Å². The van der Waals surface area contributed by atoms with E-state index in [1.165, 1.54) is 0 Å². The number of nitrogens with one attached hydrogen (secondary N) is 1. The van der Waals surface area contributed by atoms with Crippen molar-refractivity contribution in [3.05, 3.63) is 71.8 Å². The zero-order chi connectivity index (χ0) is 20.4. The number of rotatable bonds is 5. The molecule has 7 nitrogen and oxygen atoms in total. The zero-order valence-corrected chi connectivity index (χ0v) is 15.7. The Balaban J connectivity index is 1.65. The summed E-state index contributed by atoms with van der Waals surface area (Å²) < 4.78 is 5.01. The summed E-state index contributed by atoms with van der Waals surface area (Å²) in [6.45, 7) is 2.11. The maximum Gasteiger partial charge on any atom is 0.338 e. The van der Waals surface area contributed by atoms with E-state index in [-0.39, 0.29) is 5.97 Å². The average molecular weight is 386 g/mol. The molecule has 0 radical (unpaired) electrons. The number of aromatic nitrogens is 3. The minimum Gasteiger partial charge on any atom is -0.462 e. The summed E-state index contributed by atoms with van der Waals surface area (Å²) in [5, 5.41) is 8.20. The topological polar surface area (TPSA) is 111 Å². The van der Waals surface area contributed by atoms with Gasteiger partial charge in [0.2, 0.25) is 5.91 Å². The summed E-state index contributed by atoms with van der Waals surface area (Å²) >= 11 is 0. The van der Waals surface area contributed by atoms with E-state index < -0.39 is 5.91 Å². The number of amides is 1. The molecule has 29 heavy (non-hydrogen) atoms. The van der Waals surface area contributed by atoms with Gasteiger partial charge in [-0.2, -0.15) is 5.10 Å². The number of aromatic amines is 1. The number of esters is 1. The fourth-order valence-electron chi connectivity index (χ4n) is 3.07. The van der Waals surface area contributed by atoms with Crippen molar-refractivity contribution in [2.24, 2.45) is 5.73 Å². The van der Waals surface area contributed by atoms with Gasteiger partial charge in [0.05, 0.1) is 23.6 Å². The fourth-order valence-corrected chi connectivity index (χ4v) is 3.07. The number of hydrogen-bond donors (Lipinski definition) is 2. The molecule has 4 rings (SSSR count). The molecule has 0 spiro atoms. The lowest BCUT2D eigenvalue weighted by Gasteiger charge is -2.04. The summed E-state index contributed by atoms with van der Waals surface area (Å²) in [5.74, 6) is -0.812. The van der Waals surface area contributed by atoms with Crippen molar-refractivity contribution in [1.82, 2.24) is 15.2 Å². The normalized spacial score (nSPS) is 10.8. The summed E-state index contributed by atoms with van der Waals surface area (Å²) in [4.78, 5) is 27.6. The van der Waals surface area contributed by atoms with Crippen LogP contribution in [-0.2, 0) is 4.74 Å². The first-order valence-corrected chi connectivity index (χ1v) is 9.09. The molecule has 1 amide bonds. The number of hydrogen-bond acceptors (Lipinski definition) is 5. The largest absolute Gasteiger partial charge is 0.462 e. The van der Waals surface area contributed by atoms with Gasteiger partial charge < -0.3 is 10.5 Å². The standard InChI is InChI=1S/C22H18N4O3/c1-2-29-22(28)16-9-5-14(6-10-16)19-17-11-12-18(24-21(17)26-25-19)13-3-7-15(8-4-13)20(23)27/h3-12H,2H2,1H3,(H2,23,27)(H,24,25,26). The first kappa shape index (κ1) is 18.4. The molecular formula is C22H18N4O3. The second kappa shape index (κ2) is 7.55. The van der Waals surface area contributed by atoms with Gasteiger partial charge in [-0.05, 0) is 43.3 Å². The van der Waals surface area contributed by atoms with Gasteiger partial charge in [-0.25, -0.2) is 9.78 Å². The van der Waals surface area contributed by atoms with Gasteiger partial charge in [-0.3, -0.25) is 9.89 Å². The molecule has 0 atom stereocenters. The Kier molecular flexibility index (Phi) is 4.78. The monoisotopic (exact) mass is 386 g/mol. The Morgan fingerprint density at radius 3 is 2.24 bits per heavy atom. The van der Waals surface area contributed by atoms with E-state index in [9.17, 15) is 9.59 Å². The van der Waals surface area contributed by atoms with Gasteiger partial charge in [0.15, 0.2) is 5.65 Å². The van der Waals surface area contributed by atoms with Crippen molar-refractivity contribution < 1.29 is 14.3 Å². The third kappa shape index (κ3) is 3.58. The Morgan fingerprint density at radius 1 is 0.931 bits per heavy atom. The van der Waals surface area contributed by atoms with Crippen molar-refractivity contribution in [3.8, 4) is 22.5 Å². The Morgan fingerprint density at radius 2 is 1.59 bits per heavy atom. The molecule has 0 fully saturated rings. The molecule has 0 aliphatic carbocycles. The number of benzene rings is 2. The maximum absolute atomic E-state index is 11.8. The third-order valence-corrected chi connectivity index (χ3v) is 4.57. The number of carbonyl (C=O) groups is 2. The molecule has 0 saturated carbocycles. The molecule has 4 aromatic rings. The maximum atomic E-state index is 11.8. The molecule has 7 heteroatoms. The third-order valence-electron chi connectivity index (χ3n) is 4.57. The van der Waals surface area contributed by atoms with E-state index in [1.807, 2.05) is 24.3 Å². The lowest BCUT2D eigenvalue weighted by atomic mass is 10.1. The molecule has 2 aromatic heterocycles. The molecule has 0 aliphatic heterocycles.